The number of benzene rings is 1. The van der Waals surface area contributed by atoms with Gasteiger partial charge in [0.25, 0.3) is 5.56 Å². The van der Waals surface area contributed by atoms with Gasteiger partial charge in [-0.1, -0.05) is 11.6 Å². The average molecular weight is 402 g/mol. The fraction of sp³-hybridized carbons (Fsp3) is 0.400. The molecule has 28 heavy (non-hydrogen) atoms. The Hall–Kier alpha value is -2.19. The van der Waals surface area contributed by atoms with Gasteiger partial charge >= 0.3 is 0 Å². The highest BCUT2D eigenvalue weighted by Crippen LogP contribution is 2.21. The summed E-state index contributed by atoms with van der Waals surface area (Å²) in [6.07, 6.45) is 0. The number of fused-ring (bicyclic) bond motifs is 1. The summed E-state index contributed by atoms with van der Waals surface area (Å²) < 4.78 is 7.11. The van der Waals surface area contributed by atoms with Crippen LogP contribution in [0.4, 0.5) is 0 Å². The second-order valence-corrected chi connectivity index (χ2v) is 7.43. The van der Waals surface area contributed by atoms with Crippen LogP contribution in [0.2, 0.25) is 5.02 Å². The summed E-state index contributed by atoms with van der Waals surface area (Å²) >= 11 is 5.97. The highest BCUT2D eigenvalue weighted by Gasteiger charge is 2.13. The number of ether oxygens (including phenoxy) is 1. The summed E-state index contributed by atoms with van der Waals surface area (Å²) in [7, 11) is 0. The number of nitrogens with one attached hydrogen (secondary N) is 2. The van der Waals surface area contributed by atoms with Crippen LogP contribution in [0, 0.1) is 6.92 Å². The van der Waals surface area contributed by atoms with Gasteiger partial charge < -0.3 is 15.0 Å². The Bertz CT molecular complexity index is 1010. The summed E-state index contributed by atoms with van der Waals surface area (Å²) in [6, 6.07) is 9.32. The molecule has 0 atom stereocenters. The van der Waals surface area contributed by atoms with Crippen LogP contribution in [0.3, 0.4) is 0 Å². The molecule has 1 aliphatic heterocycles. The van der Waals surface area contributed by atoms with Crippen molar-refractivity contribution in [2.24, 2.45) is 0 Å². The van der Waals surface area contributed by atoms with Gasteiger partial charge in [-0.05, 0) is 37.3 Å². The lowest BCUT2D eigenvalue weighted by Crippen LogP contribution is -2.40. The minimum Gasteiger partial charge on any atom is -0.379 e. The van der Waals surface area contributed by atoms with Gasteiger partial charge in [-0.25, -0.2) is 4.68 Å². The van der Waals surface area contributed by atoms with E-state index in [-0.39, 0.29) is 5.56 Å². The monoisotopic (exact) mass is 401 g/mol. The van der Waals surface area contributed by atoms with Crippen molar-refractivity contribution in [2.45, 2.75) is 13.5 Å². The molecule has 7 nitrogen and oxygen atoms in total. The fourth-order valence-electron chi connectivity index (χ4n) is 3.45. The maximum atomic E-state index is 12.6. The molecule has 0 radical (unpaired) electrons. The quantitative estimate of drug-likeness (QED) is 0.619. The van der Waals surface area contributed by atoms with E-state index in [9.17, 15) is 4.79 Å². The number of nitrogens with zero attached hydrogens (tertiary/aromatic N) is 3. The Balaban J connectivity index is 1.49. The van der Waals surface area contributed by atoms with Gasteiger partial charge in [-0.2, -0.15) is 5.10 Å². The first-order chi connectivity index (χ1) is 13.6. The molecule has 3 aromatic rings. The van der Waals surface area contributed by atoms with E-state index >= 15 is 0 Å². The smallest absolute Gasteiger partial charge is 0.254 e. The summed E-state index contributed by atoms with van der Waals surface area (Å²) in [5, 5.41) is 9.58. The zero-order chi connectivity index (χ0) is 19.5. The Labute approximate surface area is 168 Å². The van der Waals surface area contributed by atoms with Crippen molar-refractivity contribution in [1.29, 1.82) is 0 Å². The molecule has 0 bridgehead atoms. The summed E-state index contributed by atoms with van der Waals surface area (Å²) in [4.78, 5) is 18.0. The van der Waals surface area contributed by atoms with Crippen LogP contribution < -0.4 is 10.9 Å². The van der Waals surface area contributed by atoms with Crippen LogP contribution in [-0.4, -0.2) is 59.1 Å². The van der Waals surface area contributed by atoms with Gasteiger partial charge in [0, 0.05) is 48.7 Å². The van der Waals surface area contributed by atoms with Crippen molar-refractivity contribution in [3.8, 4) is 5.69 Å². The van der Waals surface area contributed by atoms with Crippen molar-refractivity contribution in [1.82, 2.24) is 25.0 Å². The molecule has 0 spiro atoms. The van der Waals surface area contributed by atoms with Crippen molar-refractivity contribution in [3.63, 3.8) is 0 Å². The number of aromatic nitrogens is 3. The summed E-state index contributed by atoms with van der Waals surface area (Å²) in [5.41, 5.74) is 3.04. The standard InChI is InChI=1S/C20H24ClN5O2/c1-14-18-12-15(13-22-6-7-25-8-10-28-11-9-25)20(27)23-19(18)26(24-14)17-4-2-16(21)3-5-17/h2-5,12,22H,6-11,13H2,1H3,(H,23,27). The third kappa shape index (κ3) is 4.12. The second-order valence-electron chi connectivity index (χ2n) is 6.99. The number of hydrogen-bond donors (Lipinski definition) is 2. The van der Waals surface area contributed by atoms with Crippen LogP contribution in [-0.2, 0) is 11.3 Å². The maximum absolute atomic E-state index is 12.6. The molecule has 1 aliphatic rings. The first-order valence-corrected chi connectivity index (χ1v) is 9.88. The normalized spacial score (nSPS) is 15.4. The van der Waals surface area contributed by atoms with E-state index in [0.717, 1.165) is 56.2 Å². The zero-order valence-corrected chi connectivity index (χ0v) is 16.6. The Kier molecular flexibility index (Phi) is 5.77. The highest BCUT2D eigenvalue weighted by atomic mass is 35.5. The molecule has 0 saturated carbocycles. The molecular formula is C20H24ClN5O2. The van der Waals surface area contributed by atoms with Crippen LogP contribution in [0.5, 0.6) is 0 Å². The molecule has 148 valence electrons. The minimum atomic E-state index is -0.0958. The molecule has 1 saturated heterocycles. The van der Waals surface area contributed by atoms with Gasteiger partial charge in [0.1, 0.15) is 5.65 Å². The topological polar surface area (TPSA) is 75.2 Å². The SMILES string of the molecule is Cc1nn(-c2ccc(Cl)cc2)c2[nH]c(=O)c(CNCCN3CCOCC3)cc12. The largest absolute Gasteiger partial charge is 0.379 e. The Morgan fingerprint density at radius 3 is 2.75 bits per heavy atom. The van der Waals surface area contributed by atoms with E-state index in [2.05, 4.69) is 20.3 Å². The first kappa shape index (κ1) is 19.1. The predicted octanol–water partition coefficient (Wildman–Crippen LogP) is 2.10. The van der Waals surface area contributed by atoms with Crippen LogP contribution in [0.15, 0.2) is 35.1 Å². The molecule has 2 aromatic heterocycles. The summed E-state index contributed by atoms with van der Waals surface area (Å²) in [6.45, 7) is 7.80. The number of morpholine rings is 1. The fourth-order valence-corrected chi connectivity index (χ4v) is 3.57. The van der Waals surface area contributed by atoms with Crippen molar-refractivity contribution >= 4 is 22.6 Å². The lowest BCUT2D eigenvalue weighted by atomic mass is 10.2. The van der Waals surface area contributed by atoms with Crippen molar-refractivity contribution in [2.75, 3.05) is 39.4 Å². The first-order valence-electron chi connectivity index (χ1n) is 9.50. The lowest BCUT2D eigenvalue weighted by molar-refractivity contribution is 0.0384. The van der Waals surface area contributed by atoms with E-state index in [1.54, 1.807) is 4.68 Å². The molecule has 8 heteroatoms. The minimum absolute atomic E-state index is 0.0958. The number of aryl methyl sites for hydroxylation is 1. The molecule has 1 aromatic carbocycles. The molecule has 0 unspecified atom stereocenters. The number of halogens is 1. The number of H-pyrrole nitrogens is 1. The summed E-state index contributed by atoms with van der Waals surface area (Å²) in [5.74, 6) is 0. The van der Waals surface area contributed by atoms with Gasteiger partial charge in [0.15, 0.2) is 0 Å². The van der Waals surface area contributed by atoms with E-state index in [0.29, 0.717) is 22.8 Å². The van der Waals surface area contributed by atoms with E-state index < -0.39 is 0 Å². The molecule has 0 aliphatic carbocycles. The maximum Gasteiger partial charge on any atom is 0.254 e. The third-order valence-corrected chi connectivity index (χ3v) is 5.30. The van der Waals surface area contributed by atoms with Gasteiger partial charge in [-0.3, -0.25) is 9.69 Å². The van der Waals surface area contributed by atoms with Crippen molar-refractivity contribution in [3.05, 3.63) is 57.0 Å². The van der Waals surface area contributed by atoms with E-state index in [1.807, 2.05) is 37.3 Å². The third-order valence-electron chi connectivity index (χ3n) is 5.04. The molecule has 2 N–H and O–H groups in total. The van der Waals surface area contributed by atoms with Crippen LogP contribution >= 0.6 is 11.6 Å². The van der Waals surface area contributed by atoms with Gasteiger partial charge in [-0.15, -0.1) is 0 Å². The van der Waals surface area contributed by atoms with Crippen molar-refractivity contribution < 1.29 is 4.74 Å². The lowest BCUT2D eigenvalue weighted by Gasteiger charge is -2.26. The molecule has 1 fully saturated rings. The van der Waals surface area contributed by atoms with Crippen LogP contribution in [0.1, 0.15) is 11.3 Å². The highest BCUT2D eigenvalue weighted by molar-refractivity contribution is 6.30. The van der Waals surface area contributed by atoms with Gasteiger partial charge in [0.2, 0.25) is 0 Å². The van der Waals surface area contributed by atoms with E-state index in [1.165, 1.54) is 0 Å². The molecule has 0 amide bonds. The average Bonchev–Trinajstić information content (AvgIpc) is 3.02. The zero-order valence-electron chi connectivity index (χ0n) is 15.9. The molecule has 3 heterocycles. The number of pyridine rings is 1. The van der Waals surface area contributed by atoms with E-state index in [4.69, 9.17) is 16.3 Å². The number of hydrogen-bond acceptors (Lipinski definition) is 5. The Morgan fingerprint density at radius 2 is 2.00 bits per heavy atom. The Morgan fingerprint density at radius 1 is 1.25 bits per heavy atom. The second kappa shape index (κ2) is 8.45. The van der Waals surface area contributed by atoms with Crippen LogP contribution in [0.25, 0.3) is 16.7 Å². The number of aromatic amines is 1. The molecular weight excluding hydrogens is 378 g/mol. The molecule has 4 rings (SSSR count). The van der Waals surface area contributed by atoms with Gasteiger partial charge in [0.05, 0.1) is 24.6 Å². The number of rotatable bonds is 6. The predicted molar refractivity (Wildman–Crippen MR) is 110 cm³/mol.